The van der Waals surface area contributed by atoms with Crippen molar-refractivity contribution in [2.45, 2.75) is 20.0 Å². The second kappa shape index (κ2) is 4.97. The fourth-order valence-electron chi connectivity index (χ4n) is 1.53. The third-order valence-electron chi connectivity index (χ3n) is 2.67. The van der Waals surface area contributed by atoms with E-state index in [1.807, 2.05) is 0 Å². The average Bonchev–Trinajstić information content (AvgIpc) is 2.30. The van der Waals surface area contributed by atoms with E-state index in [0.29, 0.717) is 11.1 Å². The Morgan fingerprint density at radius 2 is 1.88 bits per heavy atom. The first-order valence-electron chi connectivity index (χ1n) is 4.98. The van der Waals surface area contributed by atoms with Gasteiger partial charge in [-0.15, -0.1) is 0 Å². The van der Waals surface area contributed by atoms with Crippen molar-refractivity contribution in [3.63, 3.8) is 0 Å². The van der Waals surface area contributed by atoms with Gasteiger partial charge in [-0.3, -0.25) is 0 Å². The van der Waals surface area contributed by atoms with E-state index in [4.69, 9.17) is 5.11 Å². The Bertz CT molecular complexity index is 464. The molecule has 5 nitrogen and oxygen atoms in total. The largest absolute Gasteiger partial charge is 0.478 e. The van der Waals surface area contributed by atoms with Crippen LogP contribution in [0.2, 0.25) is 0 Å². The second-order valence-corrected chi connectivity index (χ2v) is 3.74. The van der Waals surface area contributed by atoms with E-state index in [1.54, 1.807) is 13.8 Å². The molecule has 1 aromatic carbocycles. The van der Waals surface area contributed by atoms with Gasteiger partial charge in [-0.05, 0) is 42.7 Å². The van der Waals surface area contributed by atoms with Gasteiger partial charge in [-0.2, -0.15) is 0 Å². The molecule has 0 bridgehead atoms. The van der Waals surface area contributed by atoms with E-state index in [-0.39, 0.29) is 11.1 Å². The zero-order valence-corrected chi connectivity index (χ0v) is 9.85. The van der Waals surface area contributed by atoms with Gasteiger partial charge >= 0.3 is 11.9 Å². The number of carboxylic acids is 1. The number of ether oxygens (including phenoxy) is 1. The molecule has 0 fully saturated rings. The van der Waals surface area contributed by atoms with Gasteiger partial charge in [0.25, 0.3) is 0 Å². The second-order valence-electron chi connectivity index (χ2n) is 3.74. The third kappa shape index (κ3) is 2.62. The molecule has 0 heterocycles. The molecule has 0 saturated carbocycles. The van der Waals surface area contributed by atoms with Crippen LogP contribution < -0.4 is 0 Å². The number of carbonyl (C=O) groups is 2. The molecule has 0 aromatic heterocycles. The monoisotopic (exact) mass is 238 g/mol. The van der Waals surface area contributed by atoms with Crippen molar-refractivity contribution in [1.29, 1.82) is 0 Å². The van der Waals surface area contributed by atoms with Gasteiger partial charge in [0.2, 0.25) is 0 Å². The molecule has 1 unspecified atom stereocenters. The Hall–Kier alpha value is -1.88. The smallest absolute Gasteiger partial charge is 0.339 e. The maximum Gasteiger partial charge on any atom is 0.339 e. The number of carboxylic acid groups (broad SMARTS) is 1. The summed E-state index contributed by atoms with van der Waals surface area (Å²) in [5, 5.41) is 18.6. The Kier molecular flexibility index (Phi) is 3.85. The van der Waals surface area contributed by atoms with Crippen LogP contribution in [-0.4, -0.2) is 29.3 Å². The summed E-state index contributed by atoms with van der Waals surface area (Å²) < 4.78 is 4.43. The van der Waals surface area contributed by atoms with Crippen molar-refractivity contribution < 1.29 is 24.5 Å². The number of carbonyl (C=O) groups excluding carboxylic acids is 1. The molecule has 5 heteroatoms. The summed E-state index contributed by atoms with van der Waals surface area (Å²) in [6, 6.07) is 2.78. The molecule has 1 aromatic rings. The van der Waals surface area contributed by atoms with Gasteiger partial charge in [-0.1, -0.05) is 0 Å². The number of aliphatic hydroxyl groups excluding tert-OH is 1. The minimum Gasteiger partial charge on any atom is -0.478 e. The van der Waals surface area contributed by atoms with Crippen LogP contribution >= 0.6 is 0 Å². The lowest BCUT2D eigenvalue weighted by Gasteiger charge is -2.14. The van der Waals surface area contributed by atoms with E-state index >= 15 is 0 Å². The average molecular weight is 238 g/mol. The van der Waals surface area contributed by atoms with Crippen LogP contribution in [-0.2, 0) is 9.53 Å². The number of aliphatic hydroxyl groups is 1. The normalized spacial score (nSPS) is 12.0. The Balaban J connectivity index is 3.31. The number of esters is 1. The van der Waals surface area contributed by atoms with Gasteiger partial charge in [0.05, 0.1) is 12.7 Å². The van der Waals surface area contributed by atoms with Crippen molar-refractivity contribution in [1.82, 2.24) is 0 Å². The SMILES string of the molecule is COC(=O)C(O)c1cc(C(=O)O)cc(C)c1C. The summed E-state index contributed by atoms with van der Waals surface area (Å²) >= 11 is 0. The van der Waals surface area contributed by atoms with E-state index in [0.717, 1.165) is 7.11 Å². The van der Waals surface area contributed by atoms with Gasteiger partial charge in [0.1, 0.15) is 0 Å². The Morgan fingerprint density at radius 1 is 1.29 bits per heavy atom. The van der Waals surface area contributed by atoms with Gasteiger partial charge in [0, 0.05) is 0 Å². The number of methoxy groups -OCH3 is 1. The number of hydrogen-bond acceptors (Lipinski definition) is 4. The summed E-state index contributed by atoms with van der Waals surface area (Å²) in [5.74, 6) is -1.92. The Labute approximate surface area is 98.6 Å². The van der Waals surface area contributed by atoms with Gasteiger partial charge in [0.15, 0.2) is 6.10 Å². The summed E-state index contributed by atoms with van der Waals surface area (Å²) in [6.45, 7) is 3.43. The molecule has 0 spiro atoms. The summed E-state index contributed by atoms with van der Waals surface area (Å²) in [4.78, 5) is 22.1. The highest BCUT2D eigenvalue weighted by Gasteiger charge is 2.22. The molecule has 17 heavy (non-hydrogen) atoms. The highest BCUT2D eigenvalue weighted by Crippen LogP contribution is 2.23. The first kappa shape index (κ1) is 13.2. The number of benzene rings is 1. The molecule has 0 radical (unpaired) electrons. The number of rotatable bonds is 3. The lowest BCUT2D eigenvalue weighted by molar-refractivity contribution is -0.150. The molecular weight excluding hydrogens is 224 g/mol. The molecule has 0 aliphatic carbocycles. The molecule has 0 aliphatic heterocycles. The number of hydrogen-bond donors (Lipinski definition) is 2. The summed E-state index contributed by atoms with van der Waals surface area (Å²) in [6.07, 6.45) is -1.46. The molecular formula is C12H14O5. The predicted octanol–water partition coefficient (Wildman–Crippen LogP) is 1.21. The lowest BCUT2D eigenvalue weighted by atomic mass is 9.96. The lowest BCUT2D eigenvalue weighted by Crippen LogP contribution is -2.16. The van der Waals surface area contributed by atoms with E-state index in [2.05, 4.69) is 4.74 Å². The maximum atomic E-state index is 11.2. The van der Waals surface area contributed by atoms with Crippen LogP contribution in [0.25, 0.3) is 0 Å². The molecule has 0 aliphatic rings. The van der Waals surface area contributed by atoms with Crippen molar-refractivity contribution >= 4 is 11.9 Å². The quantitative estimate of drug-likeness (QED) is 0.773. The van der Waals surface area contributed by atoms with Crippen LogP contribution in [0.1, 0.15) is 33.2 Å². The van der Waals surface area contributed by atoms with Crippen LogP contribution in [0.3, 0.4) is 0 Å². The molecule has 0 amide bonds. The molecule has 2 N–H and O–H groups in total. The van der Waals surface area contributed by atoms with E-state index in [1.165, 1.54) is 12.1 Å². The van der Waals surface area contributed by atoms with Crippen molar-refractivity contribution in [3.05, 3.63) is 34.4 Å². The Morgan fingerprint density at radius 3 is 2.35 bits per heavy atom. The van der Waals surface area contributed by atoms with Crippen LogP contribution in [0.15, 0.2) is 12.1 Å². The maximum absolute atomic E-state index is 11.2. The summed E-state index contributed by atoms with van der Waals surface area (Å²) in [7, 11) is 1.16. The number of aryl methyl sites for hydroxylation is 1. The topological polar surface area (TPSA) is 83.8 Å². The molecule has 92 valence electrons. The van der Waals surface area contributed by atoms with Crippen molar-refractivity contribution in [3.8, 4) is 0 Å². The van der Waals surface area contributed by atoms with E-state index in [9.17, 15) is 14.7 Å². The third-order valence-corrected chi connectivity index (χ3v) is 2.67. The van der Waals surface area contributed by atoms with E-state index < -0.39 is 18.0 Å². The minimum atomic E-state index is -1.46. The van der Waals surface area contributed by atoms with Gasteiger partial charge < -0.3 is 14.9 Å². The van der Waals surface area contributed by atoms with Crippen molar-refractivity contribution in [2.24, 2.45) is 0 Å². The minimum absolute atomic E-state index is 0.0334. The predicted molar refractivity (Wildman–Crippen MR) is 59.9 cm³/mol. The molecule has 1 rings (SSSR count). The van der Waals surface area contributed by atoms with Crippen LogP contribution in [0.4, 0.5) is 0 Å². The van der Waals surface area contributed by atoms with Crippen molar-refractivity contribution in [2.75, 3.05) is 7.11 Å². The summed E-state index contributed by atoms with van der Waals surface area (Å²) in [5.41, 5.74) is 1.66. The van der Waals surface area contributed by atoms with Crippen LogP contribution in [0.5, 0.6) is 0 Å². The highest BCUT2D eigenvalue weighted by atomic mass is 16.5. The number of aromatic carboxylic acids is 1. The molecule has 0 saturated heterocycles. The zero-order valence-electron chi connectivity index (χ0n) is 9.85. The fraction of sp³-hybridized carbons (Fsp3) is 0.333. The standard InChI is InChI=1S/C12H14O5/c1-6-4-8(11(14)15)5-9(7(6)2)10(13)12(16)17-3/h4-5,10,13H,1-3H3,(H,14,15). The zero-order chi connectivity index (χ0) is 13.2. The molecule has 1 atom stereocenters. The fourth-order valence-corrected chi connectivity index (χ4v) is 1.53. The first-order chi connectivity index (χ1) is 7.88. The first-order valence-corrected chi connectivity index (χ1v) is 4.98. The highest BCUT2D eigenvalue weighted by molar-refractivity contribution is 5.89. The van der Waals surface area contributed by atoms with Gasteiger partial charge in [-0.25, -0.2) is 9.59 Å². The van der Waals surface area contributed by atoms with Crippen LogP contribution in [0, 0.1) is 13.8 Å².